The van der Waals surface area contributed by atoms with Crippen LogP contribution < -0.4 is 11.1 Å². The number of nitrogens with zero attached hydrogens (tertiary/aromatic N) is 2. The number of nitrogens with two attached hydrogens (primary N) is 1. The number of ether oxygens (including phenoxy) is 1. The molecule has 1 heterocycles. The lowest BCUT2D eigenvalue weighted by molar-refractivity contribution is 0.0636. The summed E-state index contributed by atoms with van der Waals surface area (Å²) in [7, 11) is 0. The molecular weight excluding hydrogens is 352 g/mol. The number of carbonyl (C=O) groups excluding carboxylic acids is 4. The van der Waals surface area contributed by atoms with Crippen molar-refractivity contribution in [1.29, 1.82) is 0 Å². The highest BCUT2D eigenvalue weighted by Crippen LogP contribution is 2.26. The van der Waals surface area contributed by atoms with E-state index in [0.29, 0.717) is 12.1 Å². The zero-order chi connectivity index (χ0) is 20.1. The molecule has 1 aromatic carbocycles. The van der Waals surface area contributed by atoms with Gasteiger partial charge in [0.2, 0.25) is 0 Å². The highest BCUT2D eigenvalue weighted by atomic mass is 16.6. The standard InChI is InChI=1S/C18H24N4O5/c1-4-27-18(26)21(8-7-19)17(25)20-12-5-6-13-14(9-12)16(24)22(15(13)23)10-11(2)3/h5-6,9,11H,4,7-8,10,19H2,1-3H3,(H,20,25). The third-order valence-corrected chi connectivity index (χ3v) is 3.86. The molecule has 2 rings (SSSR count). The molecule has 1 aliphatic rings. The number of nitrogens with one attached hydrogen (secondary N) is 1. The van der Waals surface area contributed by atoms with Gasteiger partial charge in [0, 0.05) is 25.3 Å². The van der Waals surface area contributed by atoms with Crippen molar-refractivity contribution in [2.75, 3.05) is 31.6 Å². The van der Waals surface area contributed by atoms with Crippen molar-refractivity contribution in [2.24, 2.45) is 11.7 Å². The highest BCUT2D eigenvalue weighted by molar-refractivity contribution is 6.22. The van der Waals surface area contributed by atoms with E-state index >= 15 is 0 Å². The molecule has 0 bridgehead atoms. The molecule has 3 N–H and O–H groups in total. The Hall–Kier alpha value is -2.94. The summed E-state index contributed by atoms with van der Waals surface area (Å²) in [5, 5.41) is 2.54. The first-order valence-corrected chi connectivity index (χ1v) is 8.75. The molecule has 9 heteroatoms. The maximum Gasteiger partial charge on any atom is 0.418 e. The maximum absolute atomic E-state index is 12.5. The summed E-state index contributed by atoms with van der Waals surface area (Å²) in [5.74, 6) is -0.609. The molecule has 0 unspecified atom stereocenters. The summed E-state index contributed by atoms with van der Waals surface area (Å²) >= 11 is 0. The van der Waals surface area contributed by atoms with E-state index in [1.807, 2.05) is 13.8 Å². The van der Waals surface area contributed by atoms with Crippen molar-refractivity contribution in [3.8, 4) is 0 Å². The van der Waals surface area contributed by atoms with E-state index in [2.05, 4.69) is 5.32 Å². The Bertz CT molecular complexity index is 762. The number of imide groups is 2. The summed E-state index contributed by atoms with van der Waals surface area (Å²) in [6.45, 7) is 5.95. The lowest BCUT2D eigenvalue weighted by Gasteiger charge is -2.19. The van der Waals surface area contributed by atoms with E-state index in [-0.39, 0.29) is 42.8 Å². The predicted octanol–water partition coefficient (Wildman–Crippen LogP) is 1.89. The number of fused-ring (bicyclic) bond motifs is 1. The molecule has 146 valence electrons. The van der Waals surface area contributed by atoms with E-state index in [9.17, 15) is 19.2 Å². The second-order valence-corrected chi connectivity index (χ2v) is 6.44. The van der Waals surface area contributed by atoms with Gasteiger partial charge in [-0.1, -0.05) is 13.8 Å². The van der Waals surface area contributed by atoms with E-state index in [4.69, 9.17) is 10.5 Å². The van der Waals surface area contributed by atoms with Crippen molar-refractivity contribution >= 4 is 29.6 Å². The van der Waals surface area contributed by atoms with Gasteiger partial charge in [0.15, 0.2) is 0 Å². The summed E-state index contributed by atoms with van der Waals surface area (Å²) in [6, 6.07) is 3.70. The molecule has 0 saturated carbocycles. The molecule has 0 aromatic heterocycles. The van der Waals surface area contributed by atoms with Crippen LogP contribution in [0.4, 0.5) is 15.3 Å². The fourth-order valence-corrected chi connectivity index (χ4v) is 2.70. The summed E-state index contributed by atoms with van der Waals surface area (Å²) in [5.41, 5.74) is 6.25. The smallest absolute Gasteiger partial charge is 0.418 e. The van der Waals surface area contributed by atoms with Crippen LogP contribution in [0.25, 0.3) is 0 Å². The van der Waals surface area contributed by atoms with Crippen LogP contribution in [0.15, 0.2) is 18.2 Å². The Morgan fingerprint density at radius 2 is 1.89 bits per heavy atom. The van der Waals surface area contributed by atoms with Crippen LogP contribution in [0.1, 0.15) is 41.5 Å². The topological polar surface area (TPSA) is 122 Å². The van der Waals surface area contributed by atoms with Crippen molar-refractivity contribution in [3.63, 3.8) is 0 Å². The van der Waals surface area contributed by atoms with Crippen molar-refractivity contribution in [2.45, 2.75) is 20.8 Å². The van der Waals surface area contributed by atoms with Crippen LogP contribution in [0.3, 0.4) is 0 Å². The molecule has 0 spiro atoms. The second-order valence-electron chi connectivity index (χ2n) is 6.44. The SMILES string of the molecule is CCOC(=O)N(CCN)C(=O)Nc1ccc2c(c1)C(=O)N(CC(C)C)C2=O. The van der Waals surface area contributed by atoms with Crippen LogP contribution in [-0.4, -0.2) is 60.0 Å². The Morgan fingerprint density at radius 3 is 2.48 bits per heavy atom. The third-order valence-electron chi connectivity index (χ3n) is 3.86. The number of hydrogen-bond donors (Lipinski definition) is 2. The van der Waals surface area contributed by atoms with Gasteiger partial charge in [0.1, 0.15) is 0 Å². The number of hydrogen-bond acceptors (Lipinski definition) is 6. The molecule has 9 nitrogen and oxygen atoms in total. The van der Waals surface area contributed by atoms with Crippen molar-refractivity contribution in [3.05, 3.63) is 29.3 Å². The minimum absolute atomic E-state index is 0.0187. The van der Waals surface area contributed by atoms with E-state index in [1.165, 1.54) is 23.1 Å². The lowest BCUT2D eigenvalue weighted by Crippen LogP contribution is -2.43. The number of amides is 5. The first-order valence-electron chi connectivity index (χ1n) is 8.75. The van der Waals surface area contributed by atoms with Gasteiger partial charge in [-0.05, 0) is 31.0 Å². The molecule has 0 aliphatic carbocycles. The second kappa shape index (κ2) is 8.63. The van der Waals surface area contributed by atoms with Gasteiger partial charge in [-0.3, -0.25) is 14.5 Å². The van der Waals surface area contributed by atoms with Crippen LogP contribution in [0.5, 0.6) is 0 Å². The average Bonchev–Trinajstić information content (AvgIpc) is 2.84. The predicted molar refractivity (Wildman–Crippen MR) is 98.4 cm³/mol. The minimum Gasteiger partial charge on any atom is -0.449 e. The molecule has 1 aromatic rings. The number of urea groups is 1. The van der Waals surface area contributed by atoms with Gasteiger partial charge >= 0.3 is 12.1 Å². The van der Waals surface area contributed by atoms with Gasteiger partial charge in [-0.15, -0.1) is 0 Å². The zero-order valence-corrected chi connectivity index (χ0v) is 15.7. The van der Waals surface area contributed by atoms with Gasteiger partial charge < -0.3 is 15.8 Å². The molecule has 0 fully saturated rings. The molecule has 0 radical (unpaired) electrons. The number of rotatable bonds is 6. The Kier molecular flexibility index (Phi) is 6.51. The first-order chi connectivity index (χ1) is 12.8. The fraction of sp³-hybridized carbons (Fsp3) is 0.444. The van der Waals surface area contributed by atoms with Gasteiger partial charge in [0.05, 0.1) is 17.7 Å². The van der Waals surface area contributed by atoms with Crippen molar-refractivity contribution < 1.29 is 23.9 Å². The van der Waals surface area contributed by atoms with Crippen LogP contribution >= 0.6 is 0 Å². The van der Waals surface area contributed by atoms with E-state index in [0.717, 1.165) is 4.90 Å². The Balaban J connectivity index is 2.19. The molecule has 27 heavy (non-hydrogen) atoms. The van der Waals surface area contributed by atoms with Crippen LogP contribution in [0.2, 0.25) is 0 Å². The molecular formula is C18H24N4O5. The van der Waals surface area contributed by atoms with Crippen LogP contribution in [0, 0.1) is 5.92 Å². The summed E-state index contributed by atoms with van der Waals surface area (Å²) in [6.07, 6.45) is -0.809. The summed E-state index contributed by atoms with van der Waals surface area (Å²) < 4.78 is 4.84. The third kappa shape index (κ3) is 4.43. The highest BCUT2D eigenvalue weighted by Gasteiger charge is 2.36. The van der Waals surface area contributed by atoms with Crippen molar-refractivity contribution in [1.82, 2.24) is 9.80 Å². The molecule has 5 amide bonds. The van der Waals surface area contributed by atoms with E-state index in [1.54, 1.807) is 6.92 Å². The van der Waals surface area contributed by atoms with Crippen LogP contribution in [-0.2, 0) is 4.74 Å². The number of anilines is 1. The monoisotopic (exact) mass is 376 g/mol. The summed E-state index contributed by atoms with van der Waals surface area (Å²) in [4.78, 5) is 51.1. The number of benzene rings is 1. The lowest BCUT2D eigenvalue weighted by atomic mass is 10.1. The Labute approximate surface area is 157 Å². The van der Waals surface area contributed by atoms with Gasteiger partial charge in [0.25, 0.3) is 11.8 Å². The average molecular weight is 376 g/mol. The largest absolute Gasteiger partial charge is 0.449 e. The van der Waals surface area contributed by atoms with E-state index < -0.39 is 18.0 Å². The first kappa shape index (κ1) is 20.4. The molecule has 0 atom stereocenters. The normalized spacial score (nSPS) is 13.0. The maximum atomic E-state index is 12.5. The zero-order valence-electron chi connectivity index (χ0n) is 15.7. The minimum atomic E-state index is -0.809. The molecule has 1 aliphatic heterocycles. The number of carbonyl (C=O) groups is 4. The quantitative estimate of drug-likeness (QED) is 0.731. The van der Waals surface area contributed by atoms with Gasteiger partial charge in [-0.2, -0.15) is 0 Å². The van der Waals surface area contributed by atoms with Gasteiger partial charge in [-0.25, -0.2) is 14.5 Å². The fourth-order valence-electron chi connectivity index (χ4n) is 2.70. The molecule has 0 saturated heterocycles. The Morgan fingerprint density at radius 1 is 1.22 bits per heavy atom.